The number of thiophene rings is 1. The van der Waals surface area contributed by atoms with Crippen molar-refractivity contribution in [2.24, 2.45) is 5.92 Å². The summed E-state index contributed by atoms with van der Waals surface area (Å²) in [5, 5.41) is 5.08. The van der Waals surface area contributed by atoms with Crippen LogP contribution in [-0.4, -0.2) is 48.0 Å². The average molecular weight is 325 g/mol. The van der Waals surface area contributed by atoms with Gasteiger partial charge in [0.15, 0.2) is 0 Å². The lowest BCUT2D eigenvalue weighted by molar-refractivity contribution is 0.0908. The van der Waals surface area contributed by atoms with Crippen LogP contribution in [0, 0.1) is 5.92 Å². The minimum atomic E-state index is 0.0937. The van der Waals surface area contributed by atoms with Crippen LogP contribution in [0.25, 0.3) is 0 Å². The molecule has 0 saturated carbocycles. The van der Waals surface area contributed by atoms with Gasteiger partial charge in [0.2, 0.25) is 0 Å². The summed E-state index contributed by atoms with van der Waals surface area (Å²) in [6, 6.07) is 4.62. The van der Waals surface area contributed by atoms with Crippen LogP contribution in [0.5, 0.6) is 0 Å². The van der Waals surface area contributed by atoms with Gasteiger partial charge in [-0.2, -0.15) is 11.8 Å². The molecule has 0 spiro atoms. The molecule has 3 nitrogen and oxygen atoms in total. The van der Waals surface area contributed by atoms with Gasteiger partial charge in [0, 0.05) is 19.1 Å². The molecule has 2 aliphatic rings. The van der Waals surface area contributed by atoms with E-state index < -0.39 is 0 Å². The molecule has 3 heterocycles. The maximum Gasteiger partial charge on any atom is 0.261 e. The Hall–Kier alpha value is -0.520. The highest BCUT2D eigenvalue weighted by atomic mass is 32.2. The Morgan fingerprint density at radius 2 is 2.19 bits per heavy atom. The molecule has 1 aromatic heterocycles. The second kappa shape index (κ2) is 7.65. The van der Waals surface area contributed by atoms with E-state index >= 15 is 0 Å². The number of thioether (sulfide) groups is 1. The van der Waals surface area contributed by atoms with Gasteiger partial charge in [-0.1, -0.05) is 6.07 Å². The highest BCUT2D eigenvalue weighted by molar-refractivity contribution is 7.99. The highest BCUT2D eigenvalue weighted by Crippen LogP contribution is 2.26. The summed E-state index contributed by atoms with van der Waals surface area (Å²) in [5.74, 6) is 3.36. The number of carbonyl (C=O) groups excluding carboxylic acids is 1. The predicted octanol–water partition coefficient (Wildman–Crippen LogP) is 3.09. The van der Waals surface area contributed by atoms with Crippen molar-refractivity contribution in [3.05, 3.63) is 22.4 Å². The lowest BCUT2D eigenvalue weighted by atomic mass is 9.95. The fourth-order valence-corrected chi connectivity index (χ4v) is 5.10. The van der Waals surface area contributed by atoms with E-state index in [2.05, 4.69) is 22.0 Å². The molecule has 116 valence electrons. The topological polar surface area (TPSA) is 32.3 Å². The molecule has 5 heteroatoms. The van der Waals surface area contributed by atoms with E-state index in [1.165, 1.54) is 61.6 Å². The molecule has 1 N–H and O–H groups in total. The fourth-order valence-electron chi connectivity index (χ4n) is 3.38. The Balaban J connectivity index is 1.46. The molecular formula is C16H24N2OS2. The second-order valence-corrected chi connectivity index (χ2v) is 8.21. The van der Waals surface area contributed by atoms with E-state index in [0.29, 0.717) is 5.92 Å². The van der Waals surface area contributed by atoms with Crippen LogP contribution in [-0.2, 0) is 0 Å². The minimum Gasteiger partial charge on any atom is -0.351 e. The molecule has 3 rings (SSSR count). The third kappa shape index (κ3) is 4.24. The smallest absolute Gasteiger partial charge is 0.261 e. The molecule has 0 radical (unpaired) electrons. The summed E-state index contributed by atoms with van der Waals surface area (Å²) in [6.45, 7) is 3.25. The van der Waals surface area contributed by atoms with Crippen LogP contribution in [0.2, 0.25) is 0 Å². The third-order valence-corrected chi connectivity index (χ3v) is 6.47. The number of hydrogen-bond donors (Lipinski definition) is 1. The summed E-state index contributed by atoms with van der Waals surface area (Å²) >= 11 is 3.61. The van der Waals surface area contributed by atoms with Gasteiger partial charge >= 0.3 is 0 Å². The maximum atomic E-state index is 12.0. The van der Waals surface area contributed by atoms with Crippen molar-refractivity contribution in [2.45, 2.75) is 31.7 Å². The number of carbonyl (C=O) groups is 1. The molecular weight excluding hydrogens is 300 g/mol. The van der Waals surface area contributed by atoms with Gasteiger partial charge < -0.3 is 5.32 Å². The molecule has 0 aromatic carbocycles. The van der Waals surface area contributed by atoms with E-state index in [0.717, 1.165) is 17.5 Å². The van der Waals surface area contributed by atoms with Gasteiger partial charge in [0.05, 0.1) is 4.88 Å². The number of nitrogens with one attached hydrogen (secondary N) is 1. The van der Waals surface area contributed by atoms with Crippen molar-refractivity contribution in [3.63, 3.8) is 0 Å². The first kappa shape index (κ1) is 15.4. The summed E-state index contributed by atoms with van der Waals surface area (Å²) in [4.78, 5) is 15.5. The zero-order valence-electron chi connectivity index (χ0n) is 12.4. The van der Waals surface area contributed by atoms with Crippen LogP contribution in [0.4, 0.5) is 0 Å². The Morgan fingerprint density at radius 1 is 1.33 bits per heavy atom. The number of rotatable bonds is 4. The van der Waals surface area contributed by atoms with Gasteiger partial charge in [-0.05, 0) is 61.1 Å². The van der Waals surface area contributed by atoms with Gasteiger partial charge in [-0.15, -0.1) is 11.3 Å². The molecule has 1 unspecified atom stereocenters. The quantitative estimate of drug-likeness (QED) is 0.924. The number of likely N-dealkylation sites (tertiary alicyclic amines) is 1. The number of hydrogen-bond acceptors (Lipinski definition) is 4. The van der Waals surface area contributed by atoms with Gasteiger partial charge in [-0.25, -0.2) is 0 Å². The van der Waals surface area contributed by atoms with E-state index in [9.17, 15) is 4.79 Å². The molecule has 2 saturated heterocycles. The Morgan fingerprint density at radius 3 is 2.95 bits per heavy atom. The normalized spacial score (nSPS) is 24.9. The van der Waals surface area contributed by atoms with Crippen molar-refractivity contribution in [1.29, 1.82) is 0 Å². The fraction of sp³-hybridized carbons (Fsp3) is 0.688. The molecule has 0 aliphatic carbocycles. The average Bonchev–Trinajstić information content (AvgIpc) is 3.08. The summed E-state index contributed by atoms with van der Waals surface area (Å²) in [6.07, 6.45) is 5.23. The molecule has 2 fully saturated rings. The van der Waals surface area contributed by atoms with Crippen molar-refractivity contribution >= 4 is 29.0 Å². The van der Waals surface area contributed by atoms with Crippen molar-refractivity contribution in [2.75, 3.05) is 31.1 Å². The first-order chi connectivity index (χ1) is 10.3. The van der Waals surface area contributed by atoms with Crippen LogP contribution in [0.1, 0.15) is 35.4 Å². The molecule has 2 aliphatic heterocycles. The lowest BCUT2D eigenvalue weighted by Crippen LogP contribution is -2.46. The molecule has 0 bridgehead atoms. The molecule has 1 atom stereocenters. The maximum absolute atomic E-state index is 12.0. The zero-order chi connectivity index (χ0) is 14.5. The van der Waals surface area contributed by atoms with E-state index in [1.807, 2.05) is 17.5 Å². The first-order valence-corrected chi connectivity index (χ1v) is 10.00. The summed E-state index contributed by atoms with van der Waals surface area (Å²) in [7, 11) is 0. The zero-order valence-corrected chi connectivity index (χ0v) is 14.1. The lowest BCUT2D eigenvalue weighted by Gasteiger charge is -2.39. The van der Waals surface area contributed by atoms with Crippen molar-refractivity contribution in [3.8, 4) is 0 Å². The molecule has 1 amide bonds. The standard InChI is InChI=1S/C16H24N2OS2/c19-16(15-4-2-8-21-15)17-11-13-3-1-7-18(12-13)14-5-9-20-10-6-14/h2,4,8,13-14H,1,3,5-7,9-12H2,(H,17,19). The van der Waals surface area contributed by atoms with Gasteiger partial charge in [0.1, 0.15) is 0 Å². The first-order valence-electron chi connectivity index (χ1n) is 7.96. The van der Waals surface area contributed by atoms with Crippen LogP contribution in [0.15, 0.2) is 17.5 Å². The van der Waals surface area contributed by atoms with Gasteiger partial charge in [-0.3, -0.25) is 9.69 Å². The Bertz CT molecular complexity index is 443. The Labute approximate surface area is 135 Å². The van der Waals surface area contributed by atoms with E-state index in [1.54, 1.807) is 0 Å². The predicted molar refractivity (Wildman–Crippen MR) is 91.3 cm³/mol. The van der Waals surface area contributed by atoms with Gasteiger partial charge in [0.25, 0.3) is 5.91 Å². The number of piperidine rings is 1. The molecule has 21 heavy (non-hydrogen) atoms. The summed E-state index contributed by atoms with van der Waals surface area (Å²) in [5.41, 5.74) is 0. The number of nitrogens with zero attached hydrogens (tertiary/aromatic N) is 1. The monoisotopic (exact) mass is 324 g/mol. The molecule has 1 aromatic rings. The largest absolute Gasteiger partial charge is 0.351 e. The van der Waals surface area contributed by atoms with Crippen LogP contribution in [0.3, 0.4) is 0 Å². The van der Waals surface area contributed by atoms with Crippen molar-refractivity contribution in [1.82, 2.24) is 10.2 Å². The minimum absolute atomic E-state index is 0.0937. The van der Waals surface area contributed by atoms with Crippen molar-refractivity contribution < 1.29 is 4.79 Å². The third-order valence-electron chi connectivity index (χ3n) is 4.55. The second-order valence-electron chi connectivity index (χ2n) is 6.03. The SMILES string of the molecule is O=C(NCC1CCCN(C2CCSCC2)C1)c1cccs1. The van der Waals surface area contributed by atoms with E-state index in [-0.39, 0.29) is 5.91 Å². The highest BCUT2D eigenvalue weighted by Gasteiger charge is 2.27. The van der Waals surface area contributed by atoms with Crippen LogP contribution >= 0.6 is 23.1 Å². The Kier molecular flexibility index (Phi) is 5.61. The number of amides is 1. The van der Waals surface area contributed by atoms with Crippen LogP contribution < -0.4 is 5.32 Å². The summed E-state index contributed by atoms with van der Waals surface area (Å²) < 4.78 is 0. The van der Waals surface area contributed by atoms with E-state index in [4.69, 9.17) is 0 Å².